The number of rotatable bonds is 2. The summed E-state index contributed by atoms with van der Waals surface area (Å²) >= 11 is 0. The highest BCUT2D eigenvalue weighted by Gasteiger charge is 2.91. The first-order valence-corrected chi connectivity index (χ1v) is 9.35. The third kappa shape index (κ3) is 1.70. The SMILES string of the molecule is CC(=O)OC[C@]12CCC(C)=CC1OC1C3(CO3)C2(C)[C@@H]2O[C@H](C)O[C@]12O. The third-order valence-corrected chi connectivity index (χ3v) is 7.51. The minimum Gasteiger partial charge on any atom is -0.465 e. The Labute approximate surface area is 152 Å². The van der Waals surface area contributed by atoms with Gasteiger partial charge in [-0.3, -0.25) is 4.79 Å². The molecule has 0 radical (unpaired) electrons. The first kappa shape index (κ1) is 17.1. The molecular formula is C19H26O7. The molecule has 0 aromatic heterocycles. The summed E-state index contributed by atoms with van der Waals surface area (Å²) in [6.07, 6.45) is 1.68. The van der Waals surface area contributed by atoms with Crippen molar-refractivity contribution in [3.63, 3.8) is 0 Å². The molecule has 8 atom stereocenters. The van der Waals surface area contributed by atoms with E-state index >= 15 is 0 Å². The van der Waals surface area contributed by atoms with Crippen molar-refractivity contribution < 1.29 is 33.6 Å². The second-order valence-electron chi connectivity index (χ2n) is 8.72. The van der Waals surface area contributed by atoms with Crippen LogP contribution in [0.2, 0.25) is 0 Å². The van der Waals surface area contributed by atoms with Gasteiger partial charge in [0.05, 0.1) is 12.7 Å². The summed E-state index contributed by atoms with van der Waals surface area (Å²) in [5, 5.41) is 11.4. The zero-order valence-corrected chi connectivity index (χ0v) is 15.6. The molecule has 3 saturated heterocycles. The lowest BCUT2D eigenvalue weighted by Gasteiger charge is -2.58. The fraction of sp³-hybridized carbons (Fsp3) is 0.842. The molecule has 2 aliphatic carbocycles. The highest BCUT2D eigenvalue weighted by Crippen LogP contribution is 2.75. The van der Waals surface area contributed by atoms with Crippen LogP contribution in [0.5, 0.6) is 0 Å². The van der Waals surface area contributed by atoms with Crippen LogP contribution in [0.25, 0.3) is 0 Å². The second-order valence-corrected chi connectivity index (χ2v) is 8.72. The van der Waals surface area contributed by atoms with Crippen LogP contribution in [0.1, 0.15) is 40.5 Å². The average molecular weight is 366 g/mol. The molecule has 4 unspecified atom stereocenters. The molecule has 3 aliphatic heterocycles. The van der Waals surface area contributed by atoms with Gasteiger partial charge in [-0.1, -0.05) is 18.6 Å². The van der Waals surface area contributed by atoms with E-state index in [9.17, 15) is 9.90 Å². The van der Waals surface area contributed by atoms with Gasteiger partial charge < -0.3 is 28.8 Å². The molecule has 3 heterocycles. The molecule has 1 saturated carbocycles. The Morgan fingerprint density at radius 3 is 2.77 bits per heavy atom. The lowest BCUT2D eigenvalue weighted by Crippen LogP contribution is -2.67. The zero-order chi connectivity index (χ0) is 18.5. The first-order valence-electron chi connectivity index (χ1n) is 9.35. The Balaban J connectivity index is 1.69. The molecule has 0 aromatic rings. The predicted molar refractivity (Wildman–Crippen MR) is 87.9 cm³/mol. The molecule has 0 amide bonds. The molecule has 1 N–H and O–H groups in total. The summed E-state index contributed by atoms with van der Waals surface area (Å²) in [5.74, 6) is -1.89. The Hall–Kier alpha value is -0.990. The third-order valence-electron chi connectivity index (χ3n) is 7.51. The highest BCUT2D eigenvalue weighted by atomic mass is 16.8. The van der Waals surface area contributed by atoms with E-state index in [1.807, 2.05) is 0 Å². The fourth-order valence-corrected chi connectivity index (χ4v) is 6.11. The summed E-state index contributed by atoms with van der Waals surface area (Å²) in [6, 6.07) is 0. The molecule has 144 valence electrons. The fourth-order valence-electron chi connectivity index (χ4n) is 6.11. The van der Waals surface area contributed by atoms with E-state index in [0.717, 1.165) is 12.8 Å². The monoisotopic (exact) mass is 366 g/mol. The number of fused-ring (bicyclic) bond motifs is 5. The Morgan fingerprint density at radius 2 is 2.12 bits per heavy atom. The van der Waals surface area contributed by atoms with Gasteiger partial charge in [-0.2, -0.15) is 0 Å². The number of carbonyl (C=O) groups is 1. The molecule has 1 spiro atoms. The number of carbonyl (C=O) groups excluding carboxylic acids is 1. The highest BCUT2D eigenvalue weighted by molar-refractivity contribution is 5.66. The summed E-state index contributed by atoms with van der Waals surface area (Å²) in [4.78, 5) is 11.6. The molecule has 4 fully saturated rings. The molecular weight excluding hydrogens is 340 g/mol. The second kappa shape index (κ2) is 4.89. The molecule has 5 aliphatic rings. The van der Waals surface area contributed by atoms with Crippen LogP contribution in [0, 0.1) is 10.8 Å². The van der Waals surface area contributed by atoms with E-state index in [1.165, 1.54) is 12.5 Å². The van der Waals surface area contributed by atoms with Gasteiger partial charge in [0, 0.05) is 17.8 Å². The van der Waals surface area contributed by atoms with Crippen LogP contribution in [-0.2, 0) is 28.5 Å². The van der Waals surface area contributed by atoms with Gasteiger partial charge in [-0.15, -0.1) is 0 Å². The van der Waals surface area contributed by atoms with Crippen molar-refractivity contribution in [2.45, 2.75) is 76.5 Å². The topological polar surface area (TPSA) is 86.8 Å². The minimum atomic E-state index is -1.56. The molecule has 26 heavy (non-hydrogen) atoms. The van der Waals surface area contributed by atoms with E-state index in [-0.39, 0.29) is 18.7 Å². The van der Waals surface area contributed by atoms with Crippen LogP contribution in [-0.4, -0.2) is 60.3 Å². The molecule has 7 heteroatoms. The number of hydrogen-bond acceptors (Lipinski definition) is 7. The molecule has 7 nitrogen and oxygen atoms in total. The predicted octanol–water partition coefficient (Wildman–Crippen LogP) is 1.28. The van der Waals surface area contributed by atoms with Crippen molar-refractivity contribution in [1.29, 1.82) is 0 Å². The van der Waals surface area contributed by atoms with Crippen LogP contribution >= 0.6 is 0 Å². The van der Waals surface area contributed by atoms with Crippen molar-refractivity contribution >= 4 is 5.97 Å². The van der Waals surface area contributed by atoms with Crippen molar-refractivity contribution in [1.82, 2.24) is 0 Å². The van der Waals surface area contributed by atoms with E-state index in [1.54, 1.807) is 6.92 Å². The summed E-state index contributed by atoms with van der Waals surface area (Å²) in [6.45, 7) is 8.03. The van der Waals surface area contributed by atoms with Gasteiger partial charge in [-0.25, -0.2) is 0 Å². The number of hydrogen-bond donors (Lipinski definition) is 1. The molecule has 0 aromatic carbocycles. The lowest BCUT2D eigenvalue weighted by molar-refractivity contribution is -0.288. The maximum absolute atomic E-state index is 11.6. The lowest BCUT2D eigenvalue weighted by atomic mass is 9.51. The standard InChI is InChI=1S/C19H26O7/c1-10-5-6-17(8-22-11(2)20)13(7-10)25-15-18(9-23-18)16(17,4)14-19(15,21)26-12(3)24-14/h7,12-15,21H,5-6,8-9H2,1-4H3/t12-,13?,14-,15?,16?,17+,18?,19-/m0/s1. The first-order chi connectivity index (χ1) is 12.2. The van der Waals surface area contributed by atoms with Crippen LogP contribution in [0.15, 0.2) is 11.6 Å². The van der Waals surface area contributed by atoms with Crippen molar-refractivity contribution in [3.8, 4) is 0 Å². The Kier molecular flexibility index (Phi) is 3.22. The van der Waals surface area contributed by atoms with E-state index < -0.39 is 40.7 Å². The van der Waals surface area contributed by atoms with Crippen LogP contribution in [0.3, 0.4) is 0 Å². The number of aliphatic hydroxyl groups is 1. The number of esters is 1. The Bertz CT molecular complexity index is 700. The molecule has 5 rings (SSSR count). The summed E-state index contributed by atoms with van der Waals surface area (Å²) < 4.78 is 29.9. The van der Waals surface area contributed by atoms with E-state index in [4.69, 9.17) is 23.7 Å². The maximum atomic E-state index is 11.6. The van der Waals surface area contributed by atoms with E-state index in [2.05, 4.69) is 19.9 Å². The molecule has 2 bridgehead atoms. The van der Waals surface area contributed by atoms with Gasteiger partial charge in [0.25, 0.3) is 0 Å². The number of allylic oxidation sites excluding steroid dienone is 1. The number of epoxide rings is 1. The van der Waals surface area contributed by atoms with Crippen molar-refractivity contribution in [3.05, 3.63) is 11.6 Å². The van der Waals surface area contributed by atoms with Gasteiger partial charge in [0.1, 0.15) is 24.4 Å². The van der Waals surface area contributed by atoms with Crippen LogP contribution < -0.4 is 0 Å². The van der Waals surface area contributed by atoms with Gasteiger partial charge >= 0.3 is 5.97 Å². The van der Waals surface area contributed by atoms with Crippen molar-refractivity contribution in [2.24, 2.45) is 10.8 Å². The largest absolute Gasteiger partial charge is 0.465 e. The van der Waals surface area contributed by atoms with Gasteiger partial charge in [0.15, 0.2) is 6.29 Å². The van der Waals surface area contributed by atoms with Gasteiger partial charge in [-0.05, 0) is 26.7 Å². The van der Waals surface area contributed by atoms with Gasteiger partial charge in [0.2, 0.25) is 5.79 Å². The number of ether oxygens (including phenoxy) is 5. The maximum Gasteiger partial charge on any atom is 0.302 e. The van der Waals surface area contributed by atoms with Crippen LogP contribution in [0.4, 0.5) is 0 Å². The minimum absolute atomic E-state index is 0.204. The summed E-state index contributed by atoms with van der Waals surface area (Å²) in [7, 11) is 0. The summed E-state index contributed by atoms with van der Waals surface area (Å²) in [5.41, 5.74) is -0.605. The quantitative estimate of drug-likeness (QED) is 0.447. The Morgan fingerprint density at radius 1 is 1.38 bits per heavy atom. The van der Waals surface area contributed by atoms with Crippen molar-refractivity contribution in [2.75, 3.05) is 13.2 Å². The normalized spacial score (nSPS) is 56.7. The smallest absolute Gasteiger partial charge is 0.302 e. The average Bonchev–Trinajstić information content (AvgIpc) is 3.28. The zero-order valence-electron chi connectivity index (χ0n) is 15.6. The van der Waals surface area contributed by atoms with E-state index in [0.29, 0.717) is 6.61 Å².